The third-order valence-electron chi connectivity index (χ3n) is 9.91. The van der Waals surface area contributed by atoms with E-state index in [1.807, 2.05) is 0 Å². The van der Waals surface area contributed by atoms with Gasteiger partial charge in [0.25, 0.3) is 20.2 Å². The second-order valence-corrected chi connectivity index (χ2v) is 22.5. The lowest BCUT2D eigenvalue weighted by Crippen LogP contribution is -2.18. The molecule has 0 aliphatic heterocycles. The summed E-state index contributed by atoms with van der Waals surface area (Å²) in [6.45, 7) is 4.27. The Morgan fingerprint density at radius 1 is 0.771 bits per heavy atom. The topological polar surface area (TPSA) is 407 Å². The predicted octanol–water partition coefficient (Wildman–Crippen LogP) is 7.96. The molecule has 0 bridgehead atoms. The second kappa shape index (κ2) is 20.1. The molecule has 0 spiro atoms. The quantitative estimate of drug-likeness (QED) is 0.0201. The highest BCUT2D eigenvalue weighted by atomic mass is 32.3. The Labute approximate surface area is 399 Å². The highest BCUT2D eigenvalue weighted by molar-refractivity contribution is 7.95. The fourth-order valence-corrected chi connectivity index (χ4v) is 11.1. The lowest BCUT2D eigenvalue weighted by Gasteiger charge is -2.17. The van der Waals surface area contributed by atoms with Crippen LogP contribution in [0.1, 0.15) is 24.5 Å². The fraction of sp³-hybridized carbons (Fsp3) is 0.122. The van der Waals surface area contributed by atoms with Crippen molar-refractivity contribution in [2.45, 2.75) is 39.0 Å². The summed E-state index contributed by atoms with van der Waals surface area (Å²) in [4.78, 5) is -3.42. The van der Waals surface area contributed by atoms with Crippen LogP contribution in [0.4, 0.5) is 39.8 Å². The first-order valence-electron chi connectivity index (χ1n) is 19.6. The van der Waals surface area contributed by atoms with Crippen LogP contribution in [0.15, 0.2) is 159 Å². The number of phenols is 1. The molecule has 1 aliphatic carbocycles. The van der Waals surface area contributed by atoms with Crippen LogP contribution < -0.4 is 11.5 Å². The Balaban J connectivity index is 1.34. The van der Waals surface area contributed by atoms with E-state index < -0.39 is 106 Å². The van der Waals surface area contributed by atoms with Crippen LogP contribution in [-0.4, -0.2) is 84.4 Å². The Morgan fingerprint density at radius 3 is 2.11 bits per heavy atom. The van der Waals surface area contributed by atoms with Crippen molar-refractivity contribution in [2.75, 3.05) is 23.8 Å². The highest BCUT2D eigenvalue weighted by Gasteiger charge is 2.30. The van der Waals surface area contributed by atoms with Gasteiger partial charge >= 0.3 is 10.4 Å². The van der Waals surface area contributed by atoms with E-state index in [0.717, 1.165) is 30.3 Å². The molecule has 0 aromatic heterocycles. The smallest absolute Gasteiger partial charge is 0.397 e. The largest absolute Gasteiger partial charge is 0.508 e. The maximum atomic E-state index is 14.1. The first-order chi connectivity index (χ1) is 32.6. The molecule has 0 saturated carbocycles. The molecule has 5 aromatic rings. The van der Waals surface area contributed by atoms with Gasteiger partial charge < -0.3 is 21.7 Å². The number of sulfone groups is 2. The van der Waals surface area contributed by atoms with Gasteiger partial charge in [-0.25, -0.2) is 21.0 Å². The molecule has 1 aliphatic rings. The van der Waals surface area contributed by atoms with E-state index >= 15 is 0 Å². The molecule has 0 amide bonds. The zero-order valence-corrected chi connectivity index (χ0v) is 39.9. The van der Waals surface area contributed by atoms with Crippen LogP contribution in [0, 0.1) is 0 Å². The third-order valence-corrected chi connectivity index (χ3v) is 15.7. The van der Waals surface area contributed by atoms with Crippen LogP contribution in [0.5, 0.6) is 5.75 Å². The van der Waals surface area contributed by atoms with Gasteiger partial charge in [-0.3, -0.25) is 13.7 Å². The lowest BCUT2D eigenvalue weighted by molar-refractivity contribution is 0.284. The lowest BCUT2D eigenvalue weighted by atomic mass is 10.0. The molecular weight excluding hydrogens is 1020 g/mol. The number of aliphatic hydroxyl groups excluding tert-OH is 1. The molecule has 1 atom stereocenters. The van der Waals surface area contributed by atoms with Gasteiger partial charge in [0.05, 0.1) is 44.1 Å². The van der Waals surface area contributed by atoms with E-state index in [1.165, 1.54) is 36.4 Å². The van der Waals surface area contributed by atoms with E-state index in [1.54, 1.807) is 37.3 Å². The summed E-state index contributed by atoms with van der Waals surface area (Å²) in [7, 11) is -24.5. The molecular formula is C41H38N8O16S5. The summed E-state index contributed by atoms with van der Waals surface area (Å²) in [5, 5.41) is 45.0. The average Bonchev–Trinajstić information content (AvgIpc) is 3.27. The van der Waals surface area contributed by atoms with Crippen molar-refractivity contribution in [3.05, 3.63) is 120 Å². The average molecular weight is 1060 g/mol. The summed E-state index contributed by atoms with van der Waals surface area (Å²) in [6.07, 6.45) is 8.07. The van der Waals surface area contributed by atoms with Gasteiger partial charge in [-0.15, -0.1) is 15.3 Å². The standard InChI is InChI=1S/C41H38N8O16S5/c1-3-7-24-12-16-33(38(43)37(24)23(2)50)47-45-31-10-4-5-11-34(31)67(54,55)27-9-6-8-25(20-27)44-49-40-36(69(59,60)61)22-29-28(41(40)51)14-15-30(42)39(29)48-46-32-17-13-26(21-35(32)68(56,57)58)66(52,53)19-18-65-70(62,63)64/h3-9,11-17,20-22,31,50-51H,2,10,18-19,42-43H2,1H3,(H,56,57,58)(H,59,60,61)(H,62,63,64)/b7-3-,47-45+,48-46-,49-44+. The van der Waals surface area contributed by atoms with E-state index in [4.69, 9.17) is 16.0 Å². The number of hydrogen-bond donors (Lipinski definition) is 7. The van der Waals surface area contributed by atoms with Crippen molar-refractivity contribution < 1.29 is 70.1 Å². The summed E-state index contributed by atoms with van der Waals surface area (Å²) < 4.78 is 159. The molecule has 0 radical (unpaired) electrons. The zero-order chi connectivity index (χ0) is 51.6. The highest BCUT2D eigenvalue weighted by Crippen LogP contribution is 2.46. The number of allylic oxidation sites excluding steroid dienone is 3. The SMILES string of the molecule is C=C(O)c1c(/C=C\C)ccc(/N=N/C2CC=CC=C2S(=O)(=O)c2cccc(/N=N/c3c(S(=O)(=O)O)cc4c(/N=N\c5ccc(S(=O)(=O)CCOS(=O)(=O)O)cc5S(=O)(=O)O)c(N)ccc4c3O)c2)c1N. The van der Waals surface area contributed by atoms with Crippen molar-refractivity contribution in [3.8, 4) is 5.75 Å². The number of aliphatic hydroxyl groups is 1. The van der Waals surface area contributed by atoms with E-state index in [-0.39, 0.29) is 61.1 Å². The molecule has 6 rings (SSSR count). The van der Waals surface area contributed by atoms with Crippen molar-refractivity contribution in [1.29, 1.82) is 0 Å². The van der Waals surface area contributed by atoms with Crippen molar-refractivity contribution in [3.63, 3.8) is 0 Å². The van der Waals surface area contributed by atoms with Crippen LogP contribution in [0.2, 0.25) is 0 Å². The maximum Gasteiger partial charge on any atom is 0.397 e. The number of nitrogen functional groups attached to an aromatic ring is 2. The number of azo groups is 3. The normalized spacial score (nSPS) is 15.2. The Morgan fingerprint density at radius 2 is 1.46 bits per heavy atom. The molecule has 368 valence electrons. The van der Waals surface area contributed by atoms with Gasteiger partial charge in [0.1, 0.15) is 44.3 Å². The number of fused-ring (bicyclic) bond motifs is 1. The number of nitrogens with two attached hydrogens (primary N) is 2. The van der Waals surface area contributed by atoms with Gasteiger partial charge in [0, 0.05) is 16.3 Å². The number of rotatable bonds is 17. The van der Waals surface area contributed by atoms with Gasteiger partial charge in [-0.05, 0) is 85.6 Å². The minimum absolute atomic E-state index is 0.0533. The van der Waals surface area contributed by atoms with E-state index in [2.05, 4.69) is 41.4 Å². The van der Waals surface area contributed by atoms with E-state index in [9.17, 15) is 61.4 Å². The van der Waals surface area contributed by atoms with Gasteiger partial charge in [-0.2, -0.15) is 40.6 Å². The number of nitrogens with zero attached hydrogens (tertiary/aromatic N) is 6. The Kier molecular flexibility index (Phi) is 15.0. The van der Waals surface area contributed by atoms with Crippen LogP contribution in [0.3, 0.4) is 0 Å². The minimum atomic E-state index is -5.31. The molecule has 0 fully saturated rings. The van der Waals surface area contributed by atoms with Crippen LogP contribution >= 0.6 is 0 Å². The monoisotopic (exact) mass is 1060 g/mol. The molecule has 5 aromatic carbocycles. The second-order valence-electron chi connectivity index (χ2n) is 14.6. The number of anilines is 2. The fourth-order valence-electron chi connectivity index (χ4n) is 6.69. The van der Waals surface area contributed by atoms with Crippen LogP contribution in [0.25, 0.3) is 22.6 Å². The molecule has 0 heterocycles. The first kappa shape index (κ1) is 52.3. The summed E-state index contributed by atoms with van der Waals surface area (Å²) in [5.41, 5.74) is 10.9. The van der Waals surface area contributed by atoms with Gasteiger partial charge in [0.15, 0.2) is 15.6 Å². The maximum absolute atomic E-state index is 14.1. The van der Waals surface area contributed by atoms with Crippen LogP contribution in [-0.2, 0) is 54.5 Å². The molecule has 24 nitrogen and oxygen atoms in total. The summed E-state index contributed by atoms with van der Waals surface area (Å²) >= 11 is 0. The zero-order valence-electron chi connectivity index (χ0n) is 35.8. The van der Waals surface area contributed by atoms with Crippen molar-refractivity contribution in [2.24, 2.45) is 30.7 Å². The number of benzene rings is 5. The molecule has 70 heavy (non-hydrogen) atoms. The number of phenolic OH excluding ortho intramolecular Hbond substituents is 1. The molecule has 29 heteroatoms. The van der Waals surface area contributed by atoms with Gasteiger partial charge in [0.2, 0.25) is 9.84 Å². The molecule has 0 saturated heterocycles. The summed E-state index contributed by atoms with van der Waals surface area (Å²) in [6, 6.07) is 12.3. The predicted molar refractivity (Wildman–Crippen MR) is 255 cm³/mol. The van der Waals surface area contributed by atoms with Gasteiger partial charge in [-0.1, -0.05) is 43.0 Å². The molecule has 1 unspecified atom stereocenters. The summed E-state index contributed by atoms with van der Waals surface area (Å²) in [5.74, 6) is -2.31. The Bertz CT molecular complexity index is 3760. The van der Waals surface area contributed by atoms with E-state index in [0.29, 0.717) is 11.6 Å². The Hall–Kier alpha value is -7.09. The van der Waals surface area contributed by atoms with Crippen molar-refractivity contribution >= 4 is 113 Å². The number of aromatic hydroxyl groups is 1. The third kappa shape index (κ3) is 11.7. The van der Waals surface area contributed by atoms with Crippen molar-refractivity contribution in [1.82, 2.24) is 0 Å². The first-order valence-corrected chi connectivity index (χ1v) is 26.9. The molecule has 9 N–H and O–H groups in total. The number of hydrogen-bond acceptors (Lipinski definition) is 21. The minimum Gasteiger partial charge on any atom is -0.508 e.